The Morgan fingerprint density at radius 3 is 1.44 bits per heavy atom. The molecule has 0 atom stereocenters. The van der Waals surface area contributed by atoms with E-state index in [9.17, 15) is 26.3 Å². The molecule has 0 aromatic heterocycles. The third kappa shape index (κ3) is 2.01. The first-order chi connectivity index (χ1) is 11.7. The van der Waals surface area contributed by atoms with Gasteiger partial charge in [0.25, 0.3) is 0 Å². The van der Waals surface area contributed by atoms with E-state index in [1.54, 1.807) is 0 Å². The summed E-state index contributed by atoms with van der Waals surface area (Å²) < 4.78 is 75.9. The summed E-state index contributed by atoms with van der Waals surface area (Å²) in [6.45, 7) is 0. The minimum atomic E-state index is -7.66. The number of rotatable bonds is 3. The van der Waals surface area contributed by atoms with Crippen LogP contribution in [0.1, 0.15) is 12.8 Å². The van der Waals surface area contributed by atoms with Crippen LogP contribution < -0.4 is 3.87 Å². The molecule has 7 heteroatoms. The van der Waals surface area contributed by atoms with Crippen LogP contribution in [0.2, 0.25) is 0 Å². The zero-order valence-electron chi connectivity index (χ0n) is 13.0. The summed E-state index contributed by atoms with van der Waals surface area (Å²) in [5, 5.41) is 0. The molecule has 2 aliphatic rings. The molecule has 0 amide bonds. The van der Waals surface area contributed by atoms with Crippen LogP contribution in [0.5, 0.6) is 0 Å². The van der Waals surface area contributed by atoms with Crippen molar-refractivity contribution in [3.63, 3.8) is 0 Å². The van der Waals surface area contributed by atoms with E-state index in [-0.39, 0.29) is 12.8 Å². The van der Waals surface area contributed by atoms with Crippen LogP contribution in [0, 0.1) is 0 Å². The molecule has 2 aliphatic carbocycles. The van der Waals surface area contributed by atoms with Gasteiger partial charge in [-0.2, -0.15) is 0 Å². The van der Waals surface area contributed by atoms with Crippen molar-refractivity contribution in [3.05, 3.63) is 74.5 Å². The molecule has 0 unspecified atom stereocenters. The molecule has 3 rings (SSSR count). The molecule has 25 heavy (non-hydrogen) atoms. The Kier molecular flexibility index (Phi) is 4.20. The fourth-order valence-corrected chi connectivity index (χ4v) is 14.1. The summed E-state index contributed by atoms with van der Waals surface area (Å²) >= 11 is -7.66. The Morgan fingerprint density at radius 2 is 1.12 bits per heavy atom. The van der Waals surface area contributed by atoms with Gasteiger partial charge >= 0.3 is 142 Å². The van der Waals surface area contributed by atoms with Crippen molar-refractivity contribution in [2.45, 2.75) is 21.8 Å². The summed E-state index contributed by atoms with van der Waals surface area (Å²) in [5.74, 6) is 0. The third-order valence-corrected chi connectivity index (χ3v) is 16.3. The molecule has 0 heterocycles. The summed E-state index contributed by atoms with van der Waals surface area (Å²) in [4.78, 5) is 0. The van der Waals surface area contributed by atoms with Gasteiger partial charge in [0.15, 0.2) is 0 Å². The van der Waals surface area contributed by atoms with Gasteiger partial charge in [-0.05, 0) is 0 Å². The van der Waals surface area contributed by atoms with Gasteiger partial charge < -0.3 is 0 Å². The number of alkyl halides is 6. The molecule has 0 saturated carbocycles. The first kappa shape index (κ1) is 18.3. The molecule has 0 spiro atoms. The standard InChI is InChI=1S/C6H5.2C5H5.2CF3.Ti/c1-2-4-6-5-3-1;2*1-2-4-5-3-1;2*2-1(3)4;/h1-5H;2*1-3H,4H2;;;. The van der Waals surface area contributed by atoms with Crippen molar-refractivity contribution in [2.24, 2.45) is 0 Å². The van der Waals surface area contributed by atoms with Gasteiger partial charge in [-0.15, -0.1) is 0 Å². The quantitative estimate of drug-likeness (QED) is 0.455. The van der Waals surface area contributed by atoms with Crippen LogP contribution in [-0.2, 0) is 15.3 Å². The van der Waals surface area contributed by atoms with Crippen molar-refractivity contribution in [2.75, 3.05) is 0 Å². The molecule has 0 radical (unpaired) electrons. The Balaban J connectivity index is 2.57. The Labute approximate surface area is 142 Å². The van der Waals surface area contributed by atoms with Crippen LogP contribution in [-0.4, -0.2) is 8.96 Å². The third-order valence-electron chi connectivity index (χ3n) is 5.31. The number of benzene rings is 1. The van der Waals surface area contributed by atoms with E-state index in [0.717, 1.165) is 24.3 Å². The van der Waals surface area contributed by atoms with E-state index in [1.807, 2.05) is 0 Å². The predicted molar refractivity (Wildman–Crippen MR) is 81.9 cm³/mol. The summed E-state index contributed by atoms with van der Waals surface area (Å²) in [6, 6.07) is 5.93. The normalized spacial score (nSPS) is 19.5. The number of allylic oxidation sites excluding steroid dienone is 8. The van der Waals surface area contributed by atoms with Gasteiger partial charge in [-0.25, -0.2) is 0 Å². The maximum atomic E-state index is 14.7. The molecule has 0 aliphatic heterocycles. The van der Waals surface area contributed by atoms with Crippen molar-refractivity contribution in [1.29, 1.82) is 0 Å². The molecule has 1 aromatic rings. The second-order valence-electron chi connectivity index (χ2n) is 6.26. The maximum absolute atomic E-state index is 14.7. The first-order valence-electron chi connectivity index (χ1n) is 7.73. The SMILES string of the molecule is F[C](F)(F)[Ti]([C]1=CC=CC1)([C]1=CC=CC1)([c]1ccccc1)[C](F)(F)F. The molecule has 133 valence electrons. The summed E-state index contributed by atoms with van der Waals surface area (Å²) in [7, 11) is 0. The number of hydrogen-bond donors (Lipinski definition) is 0. The van der Waals surface area contributed by atoms with Crippen molar-refractivity contribution in [1.82, 2.24) is 0 Å². The van der Waals surface area contributed by atoms with E-state index in [4.69, 9.17) is 0 Å². The van der Waals surface area contributed by atoms with Crippen molar-refractivity contribution in [3.8, 4) is 0 Å². The number of halogens is 6. The van der Waals surface area contributed by atoms with E-state index in [2.05, 4.69) is 0 Å². The first-order valence-corrected chi connectivity index (χ1v) is 11.6. The fourth-order valence-electron chi connectivity index (χ4n) is 4.20. The topological polar surface area (TPSA) is 0 Å². The van der Waals surface area contributed by atoms with Crippen LogP contribution >= 0.6 is 0 Å². The van der Waals surface area contributed by atoms with E-state index >= 15 is 0 Å². The average molecular weight is 393 g/mol. The molecular weight excluding hydrogens is 378 g/mol. The Morgan fingerprint density at radius 1 is 0.680 bits per heavy atom. The molecule has 0 N–H and O–H groups in total. The van der Waals surface area contributed by atoms with Crippen molar-refractivity contribution >= 4 is 3.87 Å². The second-order valence-corrected chi connectivity index (χ2v) is 14.8. The van der Waals surface area contributed by atoms with Gasteiger partial charge in [0.1, 0.15) is 0 Å². The molecular formula is C18H15F6Ti. The van der Waals surface area contributed by atoms with Crippen LogP contribution in [0.25, 0.3) is 0 Å². The molecule has 0 bridgehead atoms. The van der Waals surface area contributed by atoms with Crippen LogP contribution in [0.15, 0.2) is 74.5 Å². The zero-order chi connectivity index (χ0) is 18.4. The van der Waals surface area contributed by atoms with E-state index < -0.39 is 35.9 Å². The molecule has 0 nitrogen and oxygen atoms in total. The van der Waals surface area contributed by atoms with Crippen LogP contribution in [0.3, 0.4) is 0 Å². The Bertz CT molecular complexity index is 745. The molecule has 1 aromatic carbocycles. The van der Waals surface area contributed by atoms with Gasteiger partial charge in [0.05, 0.1) is 0 Å². The summed E-state index contributed by atoms with van der Waals surface area (Å²) in [5.41, 5.74) is 0. The number of hydrogen-bond acceptors (Lipinski definition) is 0. The minimum absolute atomic E-state index is 0.331. The van der Waals surface area contributed by atoms with Gasteiger partial charge in [-0.3, -0.25) is 0 Å². The average Bonchev–Trinajstić information content (AvgIpc) is 3.20. The van der Waals surface area contributed by atoms with E-state index in [1.165, 1.54) is 42.5 Å². The van der Waals surface area contributed by atoms with Gasteiger partial charge in [0.2, 0.25) is 0 Å². The zero-order valence-corrected chi connectivity index (χ0v) is 14.6. The monoisotopic (exact) mass is 393 g/mol. The fraction of sp³-hybridized carbons (Fsp3) is 0.222. The Hall–Kier alpha value is -1.53. The summed E-state index contributed by atoms with van der Waals surface area (Å²) in [6.07, 6.45) is 6.71. The van der Waals surface area contributed by atoms with E-state index in [0.29, 0.717) is 0 Å². The second kappa shape index (κ2) is 5.74. The van der Waals surface area contributed by atoms with Crippen molar-refractivity contribution < 1.29 is 41.6 Å². The van der Waals surface area contributed by atoms with Crippen LogP contribution in [0.4, 0.5) is 26.3 Å². The predicted octanol–water partition coefficient (Wildman–Crippen LogP) is 5.73. The molecule has 0 saturated heterocycles. The van der Waals surface area contributed by atoms with Gasteiger partial charge in [0, 0.05) is 0 Å². The van der Waals surface area contributed by atoms with Gasteiger partial charge in [-0.1, -0.05) is 0 Å². The molecule has 0 fully saturated rings.